The highest BCUT2D eigenvalue weighted by molar-refractivity contribution is 5.89. The third kappa shape index (κ3) is 2.77. The Morgan fingerprint density at radius 2 is 0.667 bits per heavy atom. The summed E-state index contributed by atoms with van der Waals surface area (Å²) in [6.07, 6.45) is 0. The lowest BCUT2D eigenvalue weighted by atomic mass is 9.92. The lowest BCUT2D eigenvalue weighted by Gasteiger charge is -2.23. The Bertz CT molecular complexity index is 641. The molecule has 0 aliphatic heterocycles. The van der Waals surface area contributed by atoms with E-state index in [1.54, 1.807) is 28.4 Å². The molecule has 4 heteroatoms. The van der Waals surface area contributed by atoms with Crippen LogP contribution in [-0.4, -0.2) is 28.4 Å². The quantitative estimate of drug-likeness (QED) is 0.801. The SMILES string of the molecule is COc1c(C)cc(C)c(OC)c1-c1c(OC)c(C)cc(C)c1OC. The van der Waals surface area contributed by atoms with E-state index < -0.39 is 0 Å². The van der Waals surface area contributed by atoms with Crippen molar-refractivity contribution < 1.29 is 18.9 Å². The molecule has 0 spiro atoms. The van der Waals surface area contributed by atoms with Gasteiger partial charge in [-0.05, 0) is 62.1 Å². The van der Waals surface area contributed by atoms with Crippen LogP contribution in [0.5, 0.6) is 23.0 Å². The molecule has 0 heterocycles. The fourth-order valence-electron chi connectivity index (χ4n) is 3.41. The van der Waals surface area contributed by atoms with Crippen molar-refractivity contribution in [2.75, 3.05) is 28.4 Å². The van der Waals surface area contributed by atoms with Gasteiger partial charge in [-0.2, -0.15) is 0 Å². The second-order valence-electron chi connectivity index (χ2n) is 5.90. The molecule has 0 aliphatic carbocycles. The third-order valence-electron chi connectivity index (χ3n) is 4.27. The first-order valence-corrected chi connectivity index (χ1v) is 7.85. The molecule has 0 aliphatic rings. The van der Waals surface area contributed by atoms with E-state index in [4.69, 9.17) is 18.9 Å². The van der Waals surface area contributed by atoms with Gasteiger partial charge in [0.2, 0.25) is 0 Å². The highest BCUT2D eigenvalue weighted by Gasteiger charge is 2.26. The number of benzene rings is 2. The molecule has 2 aromatic carbocycles. The molecule has 0 radical (unpaired) electrons. The van der Waals surface area contributed by atoms with Crippen molar-refractivity contribution in [3.8, 4) is 34.1 Å². The van der Waals surface area contributed by atoms with Gasteiger partial charge in [0.05, 0.1) is 39.6 Å². The summed E-state index contributed by atoms with van der Waals surface area (Å²) in [4.78, 5) is 0. The van der Waals surface area contributed by atoms with E-state index in [2.05, 4.69) is 12.1 Å². The number of ether oxygens (including phenoxy) is 4. The Morgan fingerprint density at radius 3 is 0.833 bits per heavy atom. The van der Waals surface area contributed by atoms with E-state index in [1.807, 2.05) is 27.7 Å². The Balaban J connectivity index is 3.06. The monoisotopic (exact) mass is 330 g/mol. The van der Waals surface area contributed by atoms with Crippen LogP contribution in [0.3, 0.4) is 0 Å². The molecule has 0 saturated carbocycles. The second-order valence-corrected chi connectivity index (χ2v) is 5.90. The van der Waals surface area contributed by atoms with Crippen molar-refractivity contribution in [2.45, 2.75) is 27.7 Å². The van der Waals surface area contributed by atoms with Crippen molar-refractivity contribution in [3.05, 3.63) is 34.4 Å². The van der Waals surface area contributed by atoms with Crippen LogP contribution < -0.4 is 18.9 Å². The molecule has 2 rings (SSSR count). The molecule has 4 nitrogen and oxygen atoms in total. The van der Waals surface area contributed by atoms with Crippen LogP contribution in [0.15, 0.2) is 12.1 Å². The zero-order valence-electron chi connectivity index (χ0n) is 15.8. The maximum absolute atomic E-state index is 5.72. The van der Waals surface area contributed by atoms with Gasteiger partial charge in [-0.1, -0.05) is 0 Å². The van der Waals surface area contributed by atoms with Gasteiger partial charge in [-0.25, -0.2) is 0 Å². The number of hydrogen-bond acceptors (Lipinski definition) is 4. The lowest BCUT2D eigenvalue weighted by molar-refractivity contribution is 0.382. The predicted octanol–water partition coefficient (Wildman–Crippen LogP) is 4.62. The summed E-state index contributed by atoms with van der Waals surface area (Å²) in [7, 11) is 6.68. The van der Waals surface area contributed by atoms with Crippen LogP contribution in [0.25, 0.3) is 11.1 Å². The first kappa shape index (κ1) is 18.0. The lowest BCUT2D eigenvalue weighted by Crippen LogP contribution is -2.03. The van der Waals surface area contributed by atoms with Gasteiger partial charge in [0.1, 0.15) is 23.0 Å². The first-order chi connectivity index (χ1) is 11.4. The van der Waals surface area contributed by atoms with Gasteiger partial charge in [-0.15, -0.1) is 0 Å². The van der Waals surface area contributed by atoms with E-state index in [9.17, 15) is 0 Å². The smallest absolute Gasteiger partial charge is 0.133 e. The van der Waals surface area contributed by atoms with E-state index in [0.717, 1.165) is 56.4 Å². The predicted molar refractivity (Wildman–Crippen MR) is 97.0 cm³/mol. The molecule has 0 N–H and O–H groups in total. The minimum Gasteiger partial charge on any atom is -0.496 e. The van der Waals surface area contributed by atoms with Gasteiger partial charge in [0.15, 0.2) is 0 Å². The summed E-state index contributed by atoms with van der Waals surface area (Å²) in [6, 6.07) is 4.12. The highest BCUT2D eigenvalue weighted by Crippen LogP contribution is 2.51. The molecule has 0 bridgehead atoms. The molecule has 2 aromatic rings. The van der Waals surface area contributed by atoms with Crippen molar-refractivity contribution >= 4 is 0 Å². The maximum atomic E-state index is 5.72. The molecular weight excluding hydrogens is 304 g/mol. The largest absolute Gasteiger partial charge is 0.496 e. The van der Waals surface area contributed by atoms with Crippen LogP contribution >= 0.6 is 0 Å². The van der Waals surface area contributed by atoms with E-state index in [0.29, 0.717) is 0 Å². The first-order valence-electron chi connectivity index (χ1n) is 7.85. The van der Waals surface area contributed by atoms with E-state index >= 15 is 0 Å². The summed E-state index contributed by atoms with van der Waals surface area (Å²) in [5.41, 5.74) is 5.86. The molecule has 130 valence electrons. The van der Waals surface area contributed by atoms with E-state index in [1.165, 1.54) is 0 Å². The van der Waals surface area contributed by atoms with Crippen LogP contribution in [0, 0.1) is 27.7 Å². The fourth-order valence-corrected chi connectivity index (χ4v) is 3.41. The topological polar surface area (TPSA) is 36.9 Å². The summed E-state index contributed by atoms with van der Waals surface area (Å²) in [5.74, 6) is 3.05. The molecule has 0 saturated heterocycles. The zero-order chi connectivity index (χ0) is 18.0. The number of aryl methyl sites for hydroxylation is 4. The van der Waals surface area contributed by atoms with Crippen LogP contribution in [0.2, 0.25) is 0 Å². The van der Waals surface area contributed by atoms with Crippen LogP contribution in [-0.2, 0) is 0 Å². The summed E-state index contributed by atoms with van der Waals surface area (Å²) in [6.45, 7) is 8.10. The van der Waals surface area contributed by atoms with Gasteiger partial charge in [-0.3, -0.25) is 0 Å². The van der Waals surface area contributed by atoms with Crippen molar-refractivity contribution in [1.29, 1.82) is 0 Å². The second kappa shape index (κ2) is 7.04. The molecule has 0 atom stereocenters. The zero-order valence-corrected chi connectivity index (χ0v) is 15.8. The Labute approximate surface area is 144 Å². The minimum absolute atomic E-state index is 0.763. The van der Waals surface area contributed by atoms with Crippen molar-refractivity contribution in [3.63, 3.8) is 0 Å². The average molecular weight is 330 g/mol. The molecule has 0 amide bonds. The van der Waals surface area contributed by atoms with Crippen LogP contribution in [0.4, 0.5) is 0 Å². The highest BCUT2D eigenvalue weighted by atomic mass is 16.5. The molecule has 0 fully saturated rings. The summed E-state index contributed by atoms with van der Waals surface area (Å²) < 4.78 is 22.9. The number of rotatable bonds is 5. The Kier molecular flexibility index (Phi) is 5.27. The normalized spacial score (nSPS) is 10.5. The summed E-state index contributed by atoms with van der Waals surface area (Å²) >= 11 is 0. The Hall–Kier alpha value is -2.36. The third-order valence-corrected chi connectivity index (χ3v) is 4.27. The van der Waals surface area contributed by atoms with Crippen molar-refractivity contribution in [2.24, 2.45) is 0 Å². The van der Waals surface area contributed by atoms with Gasteiger partial charge >= 0.3 is 0 Å². The van der Waals surface area contributed by atoms with E-state index in [-0.39, 0.29) is 0 Å². The van der Waals surface area contributed by atoms with Gasteiger partial charge < -0.3 is 18.9 Å². The Morgan fingerprint density at radius 1 is 0.458 bits per heavy atom. The van der Waals surface area contributed by atoms with Crippen LogP contribution in [0.1, 0.15) is 22.3 Å². The van der Waals surface area contributed by atoms with Crippen molar-refractivity contribution in [1.82, 2.24) is 0 Å². The molecular formula is C20H26O4. The number of methoxy groups -OCH3 is 4. The van der Waals surface area contributed by atoms with Gasteiger partial charge in [0, 0.05) is 0 Å². The van der Waals surface area contributed by atoms with Gasteiger partial charge in [0.25, 0.3) is 0 Å². The summed E-state index contributed by atoms with van der Waals surface area (Å²) in [5, 5.41) is 0. The molecule has 0 aromatic heterocycles. The maximum Gasteiger partial charge on any atom is 0.133 e. The minimum atomic E-state index is 0.763. The average Bonchev–Trinajstić information content (AvgIpc) is 2.53. The standard InChI is InChI=1S/C20H26O4/c1-11-9-12(2)18(22-6)15(17(11)21-5)16-19(23-7)13(3)10-14(4)20(16)24-8/h9-10H,1-8H3. The number of hydrogen-bond donors (Lipinski definition) is 0. The molecule has 0 unspecified atom stereocenters. The molecule has 24 heavy (non-hydrogen) atoms. The fraction of sp³-hybridized carbons (Fsp3) is 0.400.